The summed E-state index contributed by atoms with van der Waals surface area (Å²) in [5, 5.41) is 46.6. The molecule has 1 aliphatic heterocycles. The Morgan fingerprint density at radius 2 is 1.46 bits per heavy atom. The molecule has 0 radical (unpaired) electrons. The first kappa shape index (κ1) is 46.4. The lowest BCUT2D eigenvalue weighted by molar-refractivity contribution is -0.137. The fourth-order valence-electron chi connectivity index (χ4n) is 5.36. The molecule has 56 heavy (non-hydrogen) atoms. The van der Waals surface area contributed by atoms with Crippen LogP contribution in [0.25, 0.3) is 0 Å². The number of carbonyl (C=O) groups is 9. The average Bonchev–Trinajstić information content (AvgIpc) is 3.14. The van der Waals surface area contributed by atoms with Crippen molar-refractivity contribution in [3.8, 4) is 0 Å². The van der Waals surface area contributed by atoms with Gasteiger partial charge < -0.3 is 69.7 Å². The van der Waals surface area contributed by atoms with E-state index in [1.807, 2.05) is 0 Å². The number of benzene rings is 1. The summed E-state index contributed by atoms with van der Waals surface area (Å²) < 4.78 is 0. The molecule has 1 heterocycles. The van der Waals surface area contributed by atoms with Crippen LogP contribution in [-0.4, -0.2) is 137 Å². The summed E-state index contributed by atoms with van der Waals surface area (Å²) in [5.41, 5.74) is 17.3. The number of rotatable bonds is 12. The van der Waals surface area contributed by atoms with E-state index in [1.165, 1.54) is 0 Å². The molecule has 1 saturated heterocycles. The highest BCUT2D eigenvalue weighted by Gasteiger charge is 2.35. The molecule has 2 unspecified atom stereocenters. The van der Waals surface area contributed by atoms with E-state index in [-0.39, 0.29) is 45.1 Å². The van der Waals surface area contributed by atoms with Gasteiger partial charge in [-0.05, 0) is 38.2 Å². The molecule has 22 heteroatoms. The molecule has 1 fully saturated rings. The minimum absolute atomic E-state index is 0.00681. The van der Waals surface area contributed by atoms with E-state index in [4.69, 9.17) is 17.2 Å². The second-order valence-electron chi connectivity index (χ2n) is 13.2. The van der Waals surface area contributed by atoms with Crippen molar-refractivity contribution in [1.82, 2.24) is 37.2 Å². The Bertz CT molecular complexity index is 1560. The summed E-state index contributed by atoms with van der Waals surface area (Å²) in [6.45, 7) is -0.802. The Kier molecular flexibility index (Phi) is 19.3. The van der Waals surface area contributed by atoms with Crippen LogP contribution < -0.4 is 54.4 Å². The molecule has 8 atom stereocenters. The predicted molar refractivity (Wildman–Crippen MR) is 195 cm³/mol. The molecule has 1 aromatic rings. The van der Waals surface area contributed by atoms with Crippen molar-refractivity contribution in [2.24, 2.45) is 17.2 Å². The summed E-state index contributed by atoms with van der Waals surface area (Å²) >= 11 is 0. The smallest absolute Gasteiger partial charge is 0.245 e. The normalized spacial score (nSPS) is 23.9. The highest BCUT2D eigenvalue weighted by molar-refractivity contribution is 5.98. The van der Waals surface area contributed by atoms with Gasteiger partial charge in [0.25, 0.3) is 0 Å². The van der Waals surface area contributed by atoms with E-state index in [0.717, 1.165) is 6.92 Å². The summed E-state index contributed by atoms with van der Waals surface area (Å²) in [5.74, 6) is -8.77. The number of nitrogens with two attached hydrogens (primary N) is 3. The third-order valence-corrected chi connectivity index (χ3v) is 8.57. The molecule has 2 rings (SSSR count). The molecular formula is C34H52N10O12. The lowest BCUT2D eigenvalue weighted by Gasteiger charge is -2.27. The molecule has 1 aromatic carbocycles. The van der Waals surface area contributed by atoms with E-state index in [9.17, 15) is 58.5 Å². The average molecular weight is 793 g/mol. The number of aliphatic hydroxyl groups is 3. The standard InChI is InChI=1S/C34H52N10O12/c1-17(47)27-34(56)43-24(16-46)32(54)39-20(30(52)42-23(15-45)33(55)40-21(28(37)50)13-18-7-3-2-4-8-18)9-5-6-12-38-26(49)11-10-19(35)29(51)41-22(14-25(36)48)31(53)44-27/h2-4,7-8,17,19-24,27,45-47H,5-6,9-16,35H2,1H3,(H2,36,48)(H2,37,50)(H,38,49)(H,39,54)(H,40,55)(H,41,51)(H,42,52)(H,43,56)(H,44,53)/t17-,19?,20?,21+,22+,23+,24+,27+/m1/s1. The lowest BCUT2D eigenvalue weighted by atomic mass is 10.0. The van der Waals surface area contributed by atoms with Crippen LogP contribution in [0.3, 0.4) is 0 Å². The number of hydrogen-bond donors (Lipinski definition) is 13. The van der Waals surface area contributed by atoms with E-state index in [1.54, 1.807) is 30.3 Å². The molecule has 0 spiro atoms. The number of primary amides is 2. The molecule has 0 aromatic heterocycles. The van der Waals surface area contributed by atoms with Crippen molar-refractivity contribution in [1.29, 1.82) is 0 Å². The number of amides is 9. The third kappa shape index (κ3) is 15.6. The van der Waals surface area contributed by atoms with Crippen molar-refractivity contribution in [3.05, 3.63) is 35.9 Å². The van der Waals surface area contributed by atoms with Gasteiger partial charge in [0.05, 0.1) is 31.8 Å². The zero-order valence-electron chi connectivity index (χ0n) is 30.8. The fourth-order valence-corrected chi connectivity index (χ4v) is 5.36. The van der Waals surface area contributed by atoms with Crippen LogP contribution in [-0.2, 0) is 49.6 Å². The highest BCUT2D eigenvalue weighted by atomic mass is 16.3. The Morgan fingerprint density at radius 3 is 2.05 bits per heavy atom. The van der Waals surface area contributed by atoms with Crippen molar-refractivity contribution < 1.29 is 58.5 Å². The van der Waals surface area contributed by atoms with Gasteiger partial charge in [-0.15, -0.1) is 0 Å². The monoisotopic (exact) mass is 792 g/mol. The SMILES string of the molecule is C[C@@H](O)[C@@H]1NC(=O)[C@H](CC(N)=O)NC(=O)C(N)CCC(=O)NCCCCC(C(=O)N[C@@H](CO)C(=O)N[C@@H](Cc2ccccc2)C(N)=O)NC(=O)[C@H](CO)NC1=O. The Labute approximate surface area is 321 Å². The van der Waals surface area contributed by atoms with Crippen LogP contribution in [0.4, 0.5) is 0 Å². The molecule has 0 aliphatic carbocycles. The predicted octanol–water partition coefficient (Wildman–Crippen LogP) is -6.73. The van der Waals surface area contributed by atoms with E-state index < -0.39 is 121 Å². The zero-order chi connectivity index (χ0) is 41.9. The number of hydrogen-bond acceptors (Lipinski definition) is 13. The van der Waals surface area contributed by atoms with Gasteiger partial charge in [0.2, 0.25) is 53.2 Å². The molecule has 310 valence electrons. The first-order chi connectivity index (χ1) is 26.5. The second kappa shape index (κ2) is 23.3. The van der Waals surface area contributed by atoms with E-state index >= 15 is 0 Å². The van der Waals surface area contributed by atoms with Gasteiger partial charge >= 0.3 is 0 Å². The second-order valence-corrected chi connectivity index (χ2v) is 13.2. The Balaban J connectivity index is 2.34. The minimum atomic E-state index is -1.82. The van der Waals surface area contributed by atoms with Crippen molar-refractivity contribution in [2.75, 3.05) is 19.8 Å². The topological polar surface area (TPSA) is 377 Å². The fraction of sp³-hybridized carbons (Fsp3) is 0.559. The third-order valence-electron chi connectivity index (χ3n) is 8.57. The van der Waals surface area contributed by atoms with Gasteiger partial charge in [-0.3, -0.25) is 43.2 Å². The summed E-state index contributed by atoms with van der Waals surface area (Å²) in [6.07, 6.45) is -2.49. The lowest BCUT2D eigenvalue weighted by Crippen LogP contribution is -2.62. The molecule has 0 saturated carbocycles. The first-order valence-electron chi connectivity index (χ1n) is 17.8. The Morgan fingerprint density at radius 1 is 0.821 bits per heavy atom. The molecular weight excluding hydrogens is 740 g/mol. The van der Waals surface area contributed by atoms with Crippen molar-refractivity contribution in [2.45, 2.75) is 100 Å². The number of nitrogens with one attached hydrogen (secondary N) is 7. The quantitative estimate of drug-likeness (QED) is 0.0937. The van der Waals surface area contributed by atoms with Crippen LogP contribution >= 0.6 is 0 Å². The van der Waals surface area contributed by atoms with Gasteiger partial charge in [-0.2, -0.15) is 0 Å². The maximum Gasteiger partial charge on any atom is 0.245 e. The van der Waals surface area contributed by atoms with Gasteiger partial charge in [0.1, 0.15) is 36.3 Å². The van der Waals surface area contributed by atoms with Gasteiger partial charge in [0, 0.05) is 19.4 Å². The molecule has 16 N–H and O–H groups in total. The largest absolute Gasteiger partial charge is 0.394 e. The summed E-state index contributed by atoms with van der Waals surface area (Å²) in [7, 11) is 0. The van der Waals surface area contributed by atoms with Crippen LogP contribution in [0.2, 0.25) is 0 Å². The van der Waals surface area contributed by atoms with Crippen molar-refractivity contribution in [3.63, 3.8) is 0 Å². The Hall–Kier alpha value is -5.71. The number of carbonyl (C=O) groups excluding carboxylic acids is 9. The minimum Gasteiger partial charge on any atom is -0.394 e. The maximum absolute atomic E-state index is 13.5. The highest BCUT2D eigenvalue weighted by Crippen LogP contribution is 2.07. The zero-order valence-corrected chi connectivity index (χ0v) is 30.8. The van der Waals surface area contributed by atoms with E-state index in [2.05, 4.69) is 37.2 Å². The maximum atomic E-state index is 13.5. The number of aliphatic hydroxyl groups excluding tert-OH is 3. The van der Waals surface area contributed by atoms with Gasteiger partial charge in [0.15, 0.2) is 0 Å². The molecule has 9 amide bonds. The van der Waals surface area contributed by atoms with Gasteiger partial charge in [-0.1, -0.05) is 30.3 Å². The van der Waals surface area contributed by atoms with Crippen LogP contribution in [0.5, 0.6) is 0 Å². The van der Waals surface area contributed by atoms with E-state index in [0.29, 0.717) is 5.56 Å². The van der Waals surface area contributed by atoms with Crippen LogP contribution in [0, 0.1) is 0 Å². The van der Waals surface area contributed by atoms with Crippen molar-refractivity contribution >= 4 is 53.2 Å². The molecule has 22 nitrogen and oxygen atoms in total. The van der Waals surface area contributed by atoms with Crippen LogP contribution in [0.15, 0.2) is 30.3 Å². The molecule has 1 aliphatic rings. The molecule has 0 bridgehead atoms. The summed E-state index contributed by atoms with van der Waals surface area (Å²) in [4.78, 5) is 115. The first-order valence-corrected chi connectivity index (χ1v) is 17.8. The van der Waals surface area contributed by atoms with Gasteiger partial charge in [-0.25, -0.2) is 0 Å². The summed E-state index contributed by atoms with van der Waals surface area (Å²) in [6, 6.07) is -2.33. The van der Waals surface area contributed by atoms with Crippen LogP contribution in [0.1, 0.15) is 51.0 Å².